The van der Waals surface area contributed by atoms with Crippen LogP contribution in [0.1, 0.15) is 10.4 Å². The number of carbonyl (C=O) groups is 1. The van der Waals surface area contributed by atoms with Gasteiger partial charge in [0.2, 0.25) is 0 Å². The van der Waals surface area contributed by atoms with E-state index in [0.29, 0.717) is 5.69 Å². The number of nitrogens with one attached hydrogen (secondary N) is 1. The Hall–Kier alpha value is -1.95. The number of anilines is 2. The van der Waals surface area contributed by atoms with Crippen molar-refractivity contribution in [1.82, 2.24) is 4.98 Å². The molecule has 1 amide bonds. The molecule has 4 nitrogen and oxygen atoms in total. The van der Waals surface area contributed by atoms with E-state index < -0.39 is 11.7 Å². The summed E-state index contributed by atoms with van der Waals surface area (Å²) in [4.78, 5) is 15.7. The molecule has 6 heteroatoms. The monoisotopic (exact) mass is 309 g/mol. The van der Waals surface area contributed by atoms with E-state index >= 15 is 0 Å². The normalized spacial score (nSPS) is 10.1. The number of nitrogens with zero attached hydrogens (tertiary/aromatic N) is 1. The number of amides is 1. The van der Waals surface area contributed by atoms with Crippen LogP contribution in [-0.2, 0) is 0 Å². The van der Waals surface area contributed by atoms with Gasteiger partial charge in [0, 0.05) is 16.4 Å². The maximum atomic E-state index is 13.5. The van der Waals surface area contributed by atoms with Gasteiger partial charge < -0.3 is 11.1 Å². The number of pyridine rings is 1. The molecule has 0 unspecified atom stereocenters. The highest BCUT2D eigenvalue weighted by atomic mass is 79.9. The van der Waals surface area contributed by atoms with Gasteiger partial charge in [-0.25, -0.2) is 4.39 Å². The molecule has 1 aromatic heterocycles. The third-order valence-electron chi connectivity index (χ3n) is 2.20. The molecule has 0 saturated carbocycles. The minimum atomic E-state index is -0.657. The van der Waals surface area contributed by atoms with Gasteiger partial charge in [-0.15, -0.1) is 0 Å². The largest absolute Gasteiger partial charge is 0.399 e. The van der Waals surface area contributed by atoms with Gasteiger partial charge in [0.15, 0.2) is 0 Å². The highest BCUT2D eigenvalue weighted by molar-refractivity contribution is 9.10. The summed E-state index contributed by atoms with van der Waals surface area (Å²) in [6.45, 7) is 0. The van der Waals surface area contributed by atoms with E-state index in [1.54, 1.807) is 12.3 Å². The molecule has 0 aliphatic heterocycles. The van der Waals surface area contributed by atoms with E-state index in [4.69, 9.17) is 5.73 Å². The second-order valence-electron chi connectivity index (χ2n) is 3.59. The molecule has 0 fully saturated rings. The summed E-state index contributed by atoms with van der Waals surface area (Å²) in [5.74, 6) is -1.21. The third-order valence-corrected chi connectivity index (χ3v) is 2.63. The highest BCUT2D eigenvalue weighted by Crippen LogP contribution is 2.17. The number of hydrogen-bond donors (Lipinski definition) is 2. The fourth-order valence-corrected chi connectivity index (χ4v) is 1.76. The number of benzene rings is 1. The number of nitrogen functional groups attached to an aromatic ring is 1. The maximum absolute atomic E-state index is 13.5. The van der Waals surface area contributed by atoms with Crippen LogP contribution in [-0.4, -0.2) is 10.9 Å². The van der Waals surface area contributed by atoms with E-state index in [9.17, 15) is 9.18 Å². The van der Waals surface area contributed by atoms with E-state index in [1.807, 2.05) is 0 Å². The van der Waals surface area contributed by atoms with Crippen LogP contribution < -0.4 is 11.1 Å². The van der Waals surface area contributed by atoms with E-state index in [1.165, 1.54) is 18.3 Å². The van der Waals surface area contributed by atoms with Gasteiger partial charge in [-0.3, -0.25) is 9.78 Å². The second kappa shape index (κ2) is 5.14. The fraction of sp³-hybridized carbons (Fsp3) is 0. The lowest BCUT2D eigenvalue weighted by atomic mass is 10.2. The molecule has 1 aromatic carbocycles. The zero-order valence-corrected chi connectivity index (χ0v) is 10.7. The highest BCUT2D eigenvalue weighted by Gasteiger charge is 2.12. The molecule has 2 aromatic rings. The Bertz CT molecular complexity index is 604. The molecular weight excluding hydrogens is 301 g/mol. The number of carbonyl (C=O) groups excluding carboxylic acids is 1. The fourth-order valence-electron chi connectivity index (χ4n) is 1.39. The quantitative estimate of drug-likeness (QED) is 0.838. The van der Waals surface area contributed by atoms with Crippen LogP contribution in [0.25, 0.3) is 0 Å². The summed E-state index contributed by atoms with van der Waals surface area (Å²) in [6.07, 6.45) is 3.05. The van der Waals surface area contributed by atoms with Gasteiger partial charge >= 0.3 is 0 Å². The van der Waals surface area contributed by atoms with Crippen molar-refractivity contribution in [2.75, 3.05) is 11.1 Å². The molecule has 2 rings (SSSR count). The van der Waals surface area contributed by atoms with Crippen LogP contribution >= 0.6 is 15.9 Å². The Morgan fingerprint density at radius 2 is 2.11 bits per heavy atom. The van der Waals surface area contributed by atoms with Crippen LogP contribution in [0.2, 0.25) is 0 Å². The molecule has 0 atom stereocenters. The SMILES string of the molecule is Nc1ccc(C(=O)Nc2cncc(Br)c2)c(F)c1. The average molecular weight is 310 g/mol. The number of aromatic nitrogens is 1. The van der Waals surface area contributed by atoms with Gasteiger partial charge in [-0.05, 0) is 40.2 Å². The van der Waals surface area contributed by atoms with Crippen LogP contribution in [0.4, 0.5) is 15.8 Å². The molecule has 0 saturated heterocycles. The Morgan fingerprint density at radius 3 is 2.78 bits per heavy atom. The number of rotatable bonds is 2. The lowest BCUT2D eigenvalue weighted by Gasteiger charge is -2.06. The molecule has 18 heavy (non-hydrogen) atoms. The minimum absolute atomic E-state index is 0.0656. The van der Waals surface area contributed by atoms with Gasteiger partial charge in [0.05, 0.1) is 17.4 Å². The zero-order chi connectivity index (χ0) is 13.1. The standard InChI is InChI=1S/C12H9BrFN3O/c13-7-3-9(6-16-5-7)17-12(18)10-2-1-8(15)4-11(10)14/h1-6H,15H2,(H,17,18). The molecule has 3 N–H and O–H groups in total. The Labute approximate surface area is 111 Å². The first kappa shape index (κ1) is 12.5. The molecule has 0 aliphatic rings. The third kappa shape index (κ3) is 2.84. The summed E-state index contributed by atoms with van der Waals surface area (Å²) in [5.41, 5.74) is 6.10. The van der Waals surface area contributed by atoms with Crippen LogP contribution in [0, 0.1) is 5.82 Å². The molecule has 92 valence electrons. The second-order valence-corrected chi connectivity index (χ2v) is 4.50. The van der Waals surface area contributed by atoms with Crippen molar-refractivity contribution in [1.29, 1.82) is 0 Å². The Kier molecular flexibility index (Phi) is 3.57. The summed E-state index contributed by atoms with van der Waals surface area (Å²) < 4.78 is 14.2. The smallest absolute Gasteiger partial charge is 0.258 e. The number of nitrogens with two attached hydrogens (primary N) is 1. The van der Waals surface area contributed by atoms with E-state index in [0.717, 1.165) is 10.5 Å². The van der Waals surface area contributed by atoms with Crippen molar-refractivity contribution < 1.29 is 9.18 Å². The van der Waals surface area contributed by atoms with Crippen LogP contribution in [0.5, 0.6) is 0 Å². The lowest BCUT2D eigenvalue weighted by molar-refractivity contribution is 0.102. The average Bonchev–Trinajstić information content (AvgIpc) is 2.28. The molecule has 0 bridgehead atoms. The topological polar surface area (TPSA) is 68.0 Å². The molecule has 0 radical (unpaired) electrons. The summed E-state index contributed by atoms with van der Waals surface area (Å²) >= 11 is 3.23. The first-order valence-corrected chi connectivity index (χ1v) is 5.82. The van der Waals surface area contributed by atoms with Crippen LogP contribution in [0.15, 0.2) is 41.1 Å². The van der Waals surface area contributed by atoms with Crippen molar-refractivity contribution in [3.05, 3.63) is 52.5 Å². The van der Waals surface area contributed by atoms with Crippen molar-refractivity contribution in [2.24, 2.45) is 0 Å². The van der Waals surface area contributed by atoms with Crippen molar-refractivity contribution in [3.63, 3.8) is 0 Å². The number of halogens is 2. The molecule has 1 heterocycles. The zero-order valence-electron chi connectivity index (χ0n) is 9.15. The number of hydrogen-bond acceptors (Lipinski definition) is 3. The predicted octanol–water partition coefficient (Wildman–Crippen LogP) is 2.82. The summed E-state index contributed by atoms with van der Waals surface area (Å²) in [6, 6.07) is 5.58. The van der Waals surface area contributed by atoms with Crippen molar-refractivity contribution in [2.45, 2.75) is 0 Å². The van der Waals surface area contributed by atoms with Gasteiger partial charge in [0.25, 0.3) is 5.91 Å². The minimum Gasteiger partial charge on any atom is -0.399 e. The lowest BCUT2D eigenvalue weighted by Crippen LogP contribution is -2.14. The predicted molar refractivity (Wildman–Crippen MR) is 70.7 cm³/mol. The van der Waals surface area contributed by atoms with Gasteiger partial charge in [-0.1, -0.05) is 0 Å². The molecule has 0 spiro atoms. The van der Waals surface area contributed by atoms with Crippen LogP contribution in [0.3, 0.4) is 0 Å². The first-order chi connectivity index (χ1) is 8.56. The van der Waals surface area contributed by atoms with Gasteiger partial charge in [-0.2, -0.15) is 0 Å². The Balaban J connectivity index is 2.22. The Morgan fingerprint density at radius 1 is 1.33 bits per heavy atom. The molecular formula is C12H9BrFN3O. The summed E-state index contributed by atoms with van der Waals surface area (Å²) in [7, 11) is 0. The van der Waals surface area contributed by atoms with Crippen molar-refractivity contribution >= 4 is 33.2 Å². The van der Waals surface area contributed by atoms with Gasteiger partial charge in [0.1, 0.15) is 5.82 Å². The van der Waals surface area contributed by atoms with E-state index in [2.05, 4.69) is 26.2 Å². The summed E-state index contributed by atoms with van der Waals surface area (Å²) in [5, 5.41) is 2.55. The molecule has 0 aliphatic carbocycles. The van der Waals surface area contributed by atoms with Crippen molar-refractivity contribution in [3.8, 4) is 0 Å². The maximum Gasteiger partial charge on any atom is 0.258 e. The first-order valence-electron chi connectivity index (χ1n) is 5.03. The van der Waals surface area contributed by atoms with E-state index in [-0.39, 0.29) is 11.3 Å².